The maximum Gasteiger partial charge on any atom is 0.00953 e. The predicted molar refractivity (Wildman–Crippen MR) is 80.8 cm³/mol. The van der Waals surface area contributed by atoms with Gasteiger partial charge in [-0.3, -0.25) is 0 Å². The molecule has 2 unspecified atom stereocenters. The number of hydrogen-bond donors (Lipinski definition) is 1. The molecule has 2 heteroatoms. The molecule has 1 aliphatic heterocycles. The molecule has 2 atom stereocenters. The highest BCUT2D eigenvalue weighted by molar-refractivity contribution is 7.99. The Bertz CT molecular complexity index is 178. The topological polar surface area (TPSA) is 12.0 Å². The van der Waals surface area contributed by atoms with Gasteiger partial charge < -0.3 is 5.32 Å². The van der Waals surface area contributed by atoms with E-state index in [-0.39, 0.29) is 0 Å². The van der Waals surface area contributed by atoms with Crippen molar-refractivity contribution >= 4 is 11.8 Å². The Hall–Kier alpha value is 0.310. The normalized spacial score (nSPS) is 21.4. The summed E-state index contributed by atoms with van der Waals surface area (Å²) in [6.45, 7) is 8.21. The van der Waals surface area contributed by atoms with Crippen molar-refractivity contribution in [1.82, 2.24) is 5.32 Å². The highest BCUT2D eigenvalue weighted by Gasteiger charge is 2.22. The average Bonchev–Trinajstić information content (AvgIpc) is 2.36. The van der Waals surface area contributed by atoms with Crippen LogP contribution in [-0.2, 0) is 0 Å². The minimum Gasteiger partial charge on any atom is -0.314 e. The van der Waals surface area contributed by atoms with E-state index in [1.165, 1.54) is 56.6 Å². The van der Waals surface area contributed by atoms with Crippen molar-refractivity contribution in [1.29, 1.82) is 0 Å². The van der Waals surface area contributed by atoms with Crippen LogP contribution in [0.1, 0.15) is 59.3 Å². The van der Waals surface area contributed by atoms with Crippen molar-refractivity contribution in [3.05, 3.63) is 0 Å². The van der Waals surface area contributed by atoms with Gasteiger partial charge in [-0.15, -0.1) is 0 Å². The summed E-state index contributed by atoms with van der Waals surface area (Å²) >= 11 is 2.14. The lowest BCUT2D eigenvalue weighted by atomic mass is 9.86. The zero-order valence-electron chi connectivity index (χ0n) is 12.0. The van der Waals surface area contributed by atoms with Crippen LogP contribution in [0.3, 0.4) is 0 Å². The molecule has 0 aromatic carbocycles. The lowest BCUT2D eigenvalue weighted by Crippen LogP contribution is -2.37. The number of nitrogens with one attached hydrogen (secondary N) is 1. The third kappa shape index (κ3) is 6.15. The summed E-state index contributed by atoms with van der Waals surface area (Å²) in [5, 5.41) is 3.79. The van der Waals surface area contributed by atoms with E-state index in [0.29, 0.717) is 0 Å². The molecule has 1 nitrogen and oxygen atoms in total. The molecule has 1 aliphatic rings. The van der Waals surface area contributed by atoms with Crippen molar-refractivity contribution in [2.45, 2.75) is 65.3 Å². The van der Waals surface area contributed by atoms with E-state index in [1.807, 2.05) is 0 Å². The second-order valence-electron chi connectivity index (χ2n) is 5.62. The third-order valence-corrected chi connectivity index (χ3v) is 5.06. The Morgan fingerprint density at radius 3 is 2.47 bits per heavy atom. The zero-order chi connectivity index (χ0) is 12.5. The fourth-order valence-electron chi connectivity index (χ4n) is 2.84. The summed E-state index contributed by atoms with van der Waals surface area (Å²) in [7, 11) is 0. The first kappa shape index (κ1) is 15.4. The van der Waals surface area contributed by atoms with Crippen LogP contribution in [0.25, 0.3) is 0 Å². The molecule has 0 aromatic heterocycles. The quantitative estimate of drug-likeness (QED) is 0.695. The van der Waals surface area contributed by atoms with Gasteiger partial charge in [-0.1, -0.05) is 27.2 Å². The number of hydrogen-bond acceptors (Lipinski definition) is 2. The van der Waals surface area contributed by atoms with Gasteiger partial charge in [0.2, 0.25) is 0 Å². The first-order chi connectivity index (χ1) is 8.27. The molecule has 0 saturated carbocycles. The molecule has 0 bridgehead atoms. The molecule has 1 rings (SSSR count). The number of thioether (sulfide) groups is 1. The molecule has 1 fully saturated rings. The first-order valence-electron chi connectivity index (χ1n) is 7.59. The smallest absolute Gasteiger partial charge is 0.00953 e. The summed E-state index contributed by atoms with van der Waals surface area (Å²) in [5.74, 6) is 4.63. The number of rotatable bonds is 8. The molecule has 1 N–H and O–H groups in total. The Morgan fingerprint density at radius 2 is 1.88 bits per heavy atom. The summed E-state index contributed by atoms with van der Waals surface area (Å²) in [6.07, 6.45) is 8.29. The highest BCUT2D eigenvalue weighted by Crippen LogP contribution is 2.28. The molecule has 0 aliphatic carbocycles. The van der Waals surface area contributed by atoms with Gasteiger partial charge >= 0.3 is 0 Å². The molecule has 17 heavy (non-hydrogen) atoms. The van der Waals surface area contributed by atoms with Crippen molar-refractivity contribution in [3.8, 4) is 0 Å². The average molecular weight is 257 g/mol. The van der Waals surface area contributed by atoms with Gasteiger partial charge in [0.1, 0.15) is 0 Å². The van der Waals surface area contributed by atoms with E-state index in [1.54, 1.807) is 0 Å². The van der Waals surface area contributed by atoms with Crippen LogP contribution < -0.4 is 5.32 Å². The van der Waals surface area contributed by atoms with E-state index in [4.69, 9.17) is 0 Å². The van der Waals surface area contributed by atoms with Crippen LogP contribution in [0, 0.1) is 11.8 Å². The molecule has 0 spiro atoms. The predicted octanol–water partition coefficient (Wildman–Crippen LogP) is 4.32. The maximum absolute atomic E-state index is 3.79. The highest BCUT2D eigenvalue weighted by atomic mass is 32.2. The second kappa shape index (κ2) is 9.27. The lowest BCUT2D eigenvalue weighted by Gasteiger charge is -2.31. The third-order valence-electron chi connectivity index (χ3n) is 4.02. The summed E-state index contributed by atoms with van der Waals surface area (Å²) < 4.78 is 0. The molecule has 102 valence electrons. The monoisotopic (exact) mass is 257 g/mol. The van der Waals surface area contributed by atoms with Crippen LogP contribution in [0.4, 0.5) is 0 Å². The van der Waals surface area contributed by atoms with Crippen molar-refractivity contribution in [2.75, 3.05) is 18.1 Å². The Kier molecular flexibility index (Phi) is 8.38. The SMILES string of the molecule is CCCNC(CC1CCSCC1)C(C)CCC. The molecule has 1 saturated heterocycles. The van der Waals surface area contributed by atoms with Crippen LogP contribution >= 0.6 is 11.8 Å². The molecule has 0 amide bonds. The van der Waals surface area contributed by atoms with Crippen LogP contribution in [0.5, 0.6) is 0 Å². The summed E-state index contributed by atoms with van der Waals surface area (Å²) in [6, 6.07) is 0.767. The van der Waals surface area contributed by atoms with Gasteiger partial charge in [-0.2, -0.15) is 11.8 Å². The summed E-state index contributed by atoms with van der Waals surface area (Å²) in [4.78, 5) is 0. The Labute approximate surface area is 113 Å². The van der Waals surface area contributed by atoms with E-state index < -0.39 is 0 Å². The van der Waals surface area contributed by atoms with Gasteiger partial charge in [0.25, 0.3) is 0 Å². The second-order valence-corrected chi connectivity index (χ2v) is 6.84. The van der Waals surface area contributed by atoms with Crippen molar-refractivity contribution in [3.63, 3.8) is 0 Å². The largest absolute Gasteiger partial charge is 0.314 e. The molecule has 0 aromatic rings. The Morgan fingerprint density at radius 1 is 1.18 bits per heavy atom. The zero-order valence-corrected chi connectivity index (χ0v) is 12.8. The Balaban J connectivity index is 2.37. The molecular weight excluding hydrogens is 226 g/mol. The van der Waals surface area contributed by atoms with E-state index in [9.17, 15) is 0 Å². The molecular formula is C15H31NS. The van der Waals surface area contributed by atoms with Gasteiger partial charge in [0, 0.05) is 6.04 Å². The van der Waals surface area contributed by atoms with Gasteiger partial charge in [0.05, 0.1) is 0 Å². The summed E-state index contributed by atoms with van der Waals surface area (Å²) in [5.41, 5.74) is 0. The van der Waals surface area contributed by atoms with Crippen LogP contribution in [-0.4, -0.2) is 24.1 Å². The minimum atomic E-state index is 0.767. The van der Waals surface area contributed by atoms with Gasteiger partial charge in [0.15, 0.2) is 0 Å². The molecule has 1 heterocycles. The fourth-order valence-corrected chi connectivity index (χ4v) is 4.05. The van der Waals surface area contributed by atoms with E-state index in [2.05, 4.69) is 37.8 Å². The van der Waals surface area contributed by atoms with Crippen molar-refractivity contribution < 1.29 is 0 Å². The van der Waals surface area contributed by atoms with Crippen molar-refractivity contribution in [2.24, 2.45) is 11.8 Å². The minimum absolute atomic E-state index is 0.767. The standard InChI is InChI=1S/C15H31NS/c1-4-6-13(3)15(16-9-5-2)12-14-7-10-17-11-8-14/h13-16H,4-12H2,1-3H3. The van der Waals surface area contributed by atoms with Gasteiger partial charge in [-0.05, 0) is 62.0 Å². The van der Waals surface area contributed by atoms with Crippen LogP contribution in [0.2, 0.25) is 0 Å². The fraction of sp³-hybridized carbons (Fsp3) is 1.00. The maximum atomic E-state index is 3.79. The van der Waals surface area contributed by atoms with Crippen LogP contribution in [0.15, 0.2) is 0 Å². The molecule has 0 radical (unpaired) electrons. The lowest BCUT2D eigenvalue weighted by molar-refractivity contribution is 0.283. The first-order valence-corrected chi connectivity index (χ1v) is 8.74. The van der Waals surface area contributed by atoms with E-state index in [0.717, 1.165) is 17.9 Å². The van der Waals surface area contributed by atoms with E-state index >= 15 is 0 Å². The van der Waals surface area contributed by atoms with Gasteiger partial charge in [-0.25, -0.2) is 0 Å².